The number of nitrogen functional groups attached to an aromatic ring is 1. The normalized spacial score (nSPS) is 22.3. The first-order valence-corrected chi connectivity index (χ1v) is 7.30. The highest BCUT2D eigenvalue weighted by Gasteiger charge is 2.26. The Morgan fingerprint density at radius 1 is 1.35 bits per heavy atom. The molecule has 2 N–H and O–H groups in total. The van der Waals surface area contributed by atoms with Crippen molar-refractivity contribution in [2.75, 3.05) is 12.8 Å². The van der Waals surface area contributed by atoms with E-state index < -0.39 is 5.97 Å². The molecule has 0 aromatic heterocycles. The number of methoxy groups -OCH3 is 1. The summed E-state index contributed by atoms with van der Waals surface area (Å²) in [4.78, 5) is 11.6. The predicted molar refractivity (Wildman–Crippen MR) is 78.9 cm³/mol. The van der Waals surface area contributed by atoms with Gasteiger partial charge in [0.2, 0.25) is 0 Å². The second-order valence-corrected chi connectivity index (χ2v) is 5.32. The van der Waals surface area contributed by atoms with Gasteiger partial charge in [-0.25, -0.2) is 4.79 Å². The number of carbonyl (C=O) groups excluding carboxylic acids is 1. The van der Waals surface area contributed by atoms with Crippen LogP contribution in [0.4, 0.5) is 5.69 Å². The summed E-state index contributed by atoms with van der Waals surface area (Å²) in [5.74, 6) is 0.742. The standard InChI is InChI=1S/C16H23NO3/c1-3-11-7-4-5-9-13(11)20-14-10-6-8-12(15(14)17)16(18)19-2/h6,8,10-11,13H,3-5,7,9,17H2,1-2H3. The van der Waals surface area contributed by atoms with E-state index in [1.807, 2.05) is 6.07 Å². The highest BCUT2D eigenvalue weighted by Crippen LogP contribution is 2.33. The molecular weight excluding hydrogens is 254 g/mol. The molecule has 0 spiro atoms. The minimum atomic E-state index is -0.427. The molecule has 0 aliphatic heterocycles. The summed E-state index contributed by atoms with van der Waals surface area (Å²) < 4.78 is 10.8. The summed E-state index contributed by atoms with van der Waals surface area (Å²) >= 11 is 0. The van der Waals surface area contributed by atoms with Crippen molar-refractivity contribution >= 4 is 11.7 Å². The Morgan fingerprint density at radius 3 is 2.80 bits per heavy atom. The van der Waals surface area contributed by atoms with Gasteiger partial charge in [-0.15, -0.1) is 0 Å². The highest BCUT2D eigenvalue weighted by atomic mass is 16.5. The van der Waals surface area contributed by atoms with E-state index in [0.29, 0.717) is 22.9 Å². The van der Waals surface area contributed by atoms with Gasteiger partial charge >= 0.3 is 5.97 Å². The summed E-state index contributed by atoms with van der Waals surface area (Å²) in [6, 6.07) is 5.26. The zero-order valence-corrected chi connectivity index (χ0v) is 12.2. The lowest BCUT2D eigenvalue weighted by atomic mass is 9.85. The van der Waals surface area contributed by atoms with Crippen LogP contribution in [-0.4, -0.2) is 19.2 Å². The van der Waals surface area contributed by atoms with E-state index in [0.717, 1.165) is 12.8 Å². The molecule has 1 saturated carbocycles. The molecule has 20 heavy (non-hydrogen) atoms. The topological polar surface area (TPSA) is 61.5 Å². The lowest BCUT2D eigenvalue weighted by Crippen LogP contribution is -2.30. The monoisotopic (exact) mass is 277 g/mol. The van der Waals surface area contributed by atoms with Gasteiger partial charge in [-0.05, 0) is 43.7 Å². The largest absolute Gasteiger partial charge is 0.488 e. The molecule has 1 aromatic carbocycles. The van der Waals surface area contributed by atoms with Crippen molar-refractivity contribution in [3.8, 4) is 5.75 Å². The molecule has 0 saturated heterocycles. The van der Waals surface area contributed by atoms with Gasteiger partial charge in [0.25, 0.3) is 0 Å². The first-order valence-electron chi connectivity index (χ1n) is 7.30. The second-order valence-electron chi connectivity index (χ2n) is 5.32. The summed E-state index contributed by atoms with van der Waals surface area (Å²) in [6.45, 7) is 2.20. The third-order valence-corrected chi connectivity index (χ3v) is 4.11. The third kappa shape index (κ3) is 3.06. The van der Waals surface area contributed by atoms with Gasteiger partial charge in [0.1, 0.15) is 11.9 Å². The van der Waals surface area contributed by atoms with Crippen LogP contribution in [0.1, 0.15) is 49.4 Å². The van der Waals surface area contributed by atoms with Crippen LogP contribution < -0.4 is 10.5 Å². The lowest BCUT2D eigenvalue weighted by Gasteiger charge is -2.31. The van der Waals surface area contributed by atoms with Crippen LogP contribution in [0.15, 0.2) is 18.2 Å². The molecule has 1 aromatic rings. The van der Waals surface area contributed by atoms with Gasteiger partial charge in [-0.1, -0.05) is 19.4 Å². The van der Waals surface area contributed by atoms with E-state index in [9.17, 15) is 4.79 Å². The SMILES string of the molecule is CCC1CCCCC1Oc1cccc(C(=O)OC)c1N. The Labute approximate surface area is 120 Å². The van der Waals surface area contributed by atoms with Crippen molar-refractivity contribution in [3.63, 3.8) is 0 Å². The van der Waals surface area contributed by atoms with Gasteiger partial charge in [0.15, 0.2) is 0 Å². The van der Waals surface area contributed by atoms with Crippen molar-refractivity contribution in [3.05, 3.63) is 23.8 Å². The molecule has 1 aliphatic carbocycles. The number of anilines is 1. The number of ether oxygens (including phenoxy) is 2. The molecule has 2 rings (SSSR count). The average molecular weight is 277 g/mol. The Morgan fingerprint density at radius 2 is 2.10 bits per heavy atom. The first kappa shape index (κ1) is 14.7. The third-order valence-electron chi connectivity index (χ3n) is 4.11. The molecule has 2 unspecified atom stereocenters. The number of carbonyl (C=O) groups is 1. The van der Waals surface area contributed by atoms with E-state index in [1.165, 1.54) is 26.4 Å². The number of benzene rings is 1. The molecule has 4 nitrogen and oxygen atoms in total. The first-order chi connectivity index (χ1) is 9.67. The number of hydrogen-bond acceptors (Lipinski definition) is 4. The molecule has 0 bridgehead atoms. The smallest absolute Gasteiger partial charge is 0.340 e. The molecule has 0 radical (unpaired) electrons. The Hall–Kier alpha value is -1.71. The number of para-hydroxylation sites is 1. The highest BCUT2D eigenvalue weighted by molar-refractivity contribution is 5.96. The van der Waals surface area contributed by atoms with Crippen LogP contribution in [0.2, 0.25) is 0 Å². The van der Waals surface area contributed by atoms with Crippen LogP contribution in [-0.2, 0) is 4.74 Å². The van der Waals surface area contributed by atoms with E-state index in [-0.39, 0.29) is 6.10 Å². The molecule has 4 heteroatoms. The van der Waals surface area contributed by atoms with Crippen molar-refractivity contribution in [2.24, 2.45) is 5.92 Å². The quantitative estimate of drug-likeness (QED) is 0.676. The fourth-order valence-electron chi connectivity index (χ4n) is 2.89. The van der Waals surface area contributed by atoms with Crippen LogP contribution >= 0.6 is 0 Å². The number of nitrogens with two attached hydrogens (primary N) is 1. The maximum Gasteiger partial charge on any atom is 0.340 e. The maximum atomic E-state index is 11.6. The zero-order valence-electron chi connectivity index (χ0n) is 12.2. The average Bonchev–Trinajstić information content (AvgIpc) is 2.49. The number of rotatable bonds is 4. The summed E-state index contributed by atoms with van der Waals surface area (Å²) in [6.07, 6.45) is 6.04. The minimum absolute atomic E-state index is 0.198. The van der Waals surface area contributed by atoms with Gasteiger partial charge in [0.05, 0.1) is 18.4 Å². The van der Waals surface area contributed by atoms with Crippen molar-refractivity contribution in [2.45, 2.75) is 45.1 Å². The molecule has 0 amide bonds. The van der Waals surface area contributed by atoms with Gasteiger partial charge < -0.3 is 15.2 Å². The zero-order chi connectivity index (χ0) is 14.5. The Bertz CT molecular complexity index is 473. The molecule has 1 aliphatic rings. The van der Waals surface area contributed by atoms with E-state index in [4.69, 9.17) is 15.2 Å². The Balaban J connectivity index is 2.18. The summed E-state index contributed by atoms with van der Waals surface area (Å²) in [5, 5.41) is 0. The lowest BCUT2D eigenvalue weighted by molar-refractivity contribution is 0.0599. The molecule has 110 valence electrons. The molecule has 2 atom stereocenters. The Kier molecular flexibility index (Phi) is 4.88. The fourth-order valence-corrected chi connectivity index (χ4v) is 2.89. The van der Waals surface area contributed by atoms with Gasteiger partial charge in [-0.3, -0.25) is 0 Å². The number of esters is 1. The van der Waals surface area contributed by atoms with Crippen molar-refractivity contribution in [1.29, 1.82) is 0 Å². The second kappa shape index (κ2) is 6.64. The molecule has 1 fully saturated rings. The van der Waals surface area contributed by atoms with Crippen molar-refractivity contribution < 1.29 is 14.3 Å². The molecule has 0 heterocycles. The fraction of sp³-hybridized carbons (Fsp3) is 0.562. The number of hydrogen-bond donors (Lipinski definition) is 1. The van der Waals surface area contributed by atoms with E-state index in [1.54, 1.807) is 12.1 Å². The van der Waals surface area contributed by atoms with Crippen LogP contribution in [0.3, 0.4) is 0 Å². The van der Waals surface area contributed by atoms with Crippen LogP contribution in [0.5, 0.6) is 5.75 Å². The summed E-state index contributed by atoms with van der Waals surface area (Å²) in [7, 11) is 1.35. The minimum Gasteiger partial charge on any atom is -0.488 e. The van der Waals surface area contributed by atoms with Crippen molar-refractivity contribution in [1.82, 2.24) is 0 Å². The molecular formula is C16H23NO3. The van der Waals surface area contributed by atoms with E-state index >= 15 is 0 Å². The predicted octanol–water partition coefficient (Wildman–Crippen LogP) is 3.40. The maximum absolute atomic E-state index is 11.6. The van der Waals surface area contributed by atoms with Gasteiger partial charge in [-0.2, -0.15) is 0 Å². The summed E-state index contributed by atoms with van der Waals surface area (Å²) in [5.41, 5.74) is 6.78. The van der Waals surface area contributed by atoms with Crippen LogP contribution in [0, 0.1) is 5.92 Å². The van der Waals surface area contributed by atoms with Crippen LogP contribution in [0.25, 0.3) is 0 Å². The van der Waals surface area contributed by atoms with Gasteiger partial charge in [0, 0.05) is 0 Å². The van der Waals surface area contributed by atoms with E-state index in [2.05, 4.69) is 6.92 Å².